The lowest BCUT2D eigenvalue weighted by molar-refractivity contribution is -0.132. The summed E-state index contributed by atoms with van der Waals surface area (Å²) in [7, 11) is 1.72. The van der Waals surface area contributed by atoms with Crippen LogP contribution in [0.25, 0.3) is 0 Å². The minimum atomic E-state index is -0.524. The van der Waals surface area contributed by atoms with Crippen LogP contribution in [-0.4, -0.2) is 41.1 Å². The van der Waals surface area contributed by atoms with Gasteiger partial charge in [0.2, 0.25) is 5.91 Å². The van der Waals surface area contributed by atoms with E-state index in [-0.39, 0.29) is 39.7 Å². The van der Waals surface area contributed by atoms with E-state index >= 15 is 0 Å². The molecule has 0 aromatic heterocycles. The Labute approximate surface area is 172 Å². The smallest absolute Gasteiger partial charge is 0.262 e. The fraction of sp³-hybridized carbons (Fsp3) is 0.286. The number of carbonyl (C=O) groups is 3. The Morgan fingerprint density at radius 1 is 1.11 bits per heavy atom. The third-order valence-electron chi connectivity index (χ3n) is 5.50. The number of hydrogen-bond acceptors (Lipinski definition) is 3. The molecule has 28 heavy (non-hydrogen) atoms. The van der Waals surface area contributed by atoms with Gasteiger partial charge in [-0.15, -0.1) is 0 Å². The van der Waals surface area contributed by atoms with Crippen molar-refractivity contribution in [3.05, 3.63) is 68.7 Å². The molecule has 5 nitrogen and oxygen atoms in total. The maximum absolute atomic E-state index is 12.9. The number of benzene rings is 2. The van der Waals surface area contributed by atoms with Crippen LogP contribution >= 0.6 is 23.2 Å². The molecule has 1 aliphatic carbocycles. The van der Waals surface area contributed by atoms with E-state index < -0.39 is 11.8 Å². The second-order valence-corrected chi connectivity index (χ2v) is 7.93. The number of rotatable bonds is 3. The molecule has 1 aliphatic heterocycles. The number of amides is 3. The summed E-state index contributed by atoms with van der Waals surface area (Å²) in [6.45, 7) is -0.309. The summed E-state index contributed by atoms with van der Waals surface area (Å²) in [5.41, 5.74) is 2.73. The number of halogens is 2. The maximum atomic E-state index is 12.9. The molecule has 0 radical (unpaired) electrons. The second-order valence-electron chi connectivity index (χ2n) is 7.12. The van der Waals surface area contributed by atoms with E-state index in [9.17, 15) is 14.4 Å². The molecule has 0 spiro atoms. The first-order valence-electron chi connectivity index (χ1n) is 9.07. The maximum Gasteiger partial charge on any atom is 0.262 e. The van der Waals surface area contributed by atoms with Gasteiger partial charge in [0, 0.05) is 7.05 Å². The Morgan fingerprint density at radius 2 is 1.71 bits per heavy atom. The Morgan fingerprint density at radius 3 is 2.36 bits per heavy atom. The van der Waals surface area contributed by atoms with Crippen LogP contribution in [0.4, 0.5) is 0 Å². The van der Waals surface area contributed by atoms with Crippen molar-refractivity contribution >= 4 is 40.9 Å². The highest BCUT2D eigenvalue weighted by molar-refractivity contribution is 6.43. The predicted octanol–water partition coefficient (Wildman–Crippen LogP) is 4.13. The number of imide groups is 1. The average Bonchev–Trinajstić information content (AvgIpc) is 2.91. The van der Waals surface area contributed by atoms with Crippen molar-refractivity contribution in [3.63, 3.8) is 0 Å². The van der Waals surface area contributed by atoms with Crippen LogP contribution in [0.3, 0.4) is 0 Å². The van der Waals surface area contributed by atoms with E-state index in [1.165, 1.54) is 17.7 Å². The van der Waals surface area contributed by atoms with Crippen LogP contribution in [0.15, 0.2) is 36.4 Å². The van der Waals surface area contributed by atoms with Gasteiger partial charge < -0.3 is 4.90 Å². The summed E-state index contributed by atoms with van der Waals surface area (Å²) < 4.78 is 0. The Bertz CT molecular complexity index is 964. The van der Waals surface area contributed by atoms with Crippen LogP contribution in [0, 0.1) is 0 Å². The standard InChI is InChI=1S/C21H18Cl2N2O3/c1-24(18-8-4-6-12-5-2-3-7-13(12)18)19(26)11-25-20(27)14-9-16(22)17(23)10-15(14)21(25)28/h2-3,5,7,9-10,18H,4,6,8,11H2,1H3. The highest BCUT2D eigenvalue weighted by Crippen LogP contribution is 2.34. The van der Waals surface area contributed by atoms with Gasteiger partial charge in [0.25, 0.3) is 11.8 Å². The van der Waals surface area contributed by atoms with Gasteiger partial charge in [0.15, 0.2) is 0 Å². The Balaban J connectivity index is 1.55. The van der Waals surface area contributed by atoms with Gasteiger partial charge >= 0.3 is 0 Å². The first-order valence-corrected chi connectivity index (χ1v) is 9.82. The van der Waals surface area contributed by atoms with Gasteiger partial charge in [0.1, 0.15) is 6.54 Å². The van der Waals surface area contributed by atoms with Crippen molar-refractivity contribution in [2.75, 3.05) is 13.6 Å². The number of aryl methyl sites for hydroxylation is 1. The number of nitrogens with zero attached hydrogens (tertiary/aromatic N) is 2. The fourth-order valence-corrected chi connectivity index (χ4v) is 4.31. The van der Waals surface area contributed by atoms with Gasteiger partial charge in [-0.1, -0.05) is 47.5 Å². The molecule has 0 bridgehead atoms. The Kier molecular flexibility index (Phi) is 4.89. The monoisotopic (exact) mass is 416 g/mol. The molecule has 2 aliphatic rings. The molecule has 144 valence electrons. The highest BCUT2D eigenvalue weighted by Gasteiger charge is 2.38. The molecule has 4 rings (SSSR count). The third-order valence-corrected chi connectivity index (χ3v) is 6.23. The van der Waals surface area contributed by atoms with E-state index in [0.717, 1.165) is 29.7 Å². The average molecular weight is 417 g/mol. The topological polar surface area (TPSA) is 57.7 Å². The lowest BCUT2D eigenvalue weighted by Gasteiger charge is -2.34. The molecule has 1 heterocycles. The summed E-state index contributed by atoms with van der Waals surface area (Å²) >= 11 is 11.9. The fourth-order valence-electron chi connectivity index (χ4n) is 3.98. The minimum absolute atomic E-state index is 0.0588. The van der Waals surface area contributed by atoms with E-state index in [2.05, 4.69) is 6.07 Å². The normalized spacial score (nSPS) is 18.1. The van der Waals surface area contributed by atoms with E-state index in [0.29, 0.717) is 0 Å². The van der Waals surface area contributed by atoms with E-state index in [1.54, 1.807) is 11.9 Å². The van der Waals surface area contributed by atoms with Gasteiger partial charge in [-0.3, -0.25) is 19.3 Å². The zero-order valence-corrected chi connectivity index (χ0v) is 16.8. The van der Waals surface area contributed by atoms with Gasteiger partial charge in [0.05, 0.1) is 27.2 Å². The van der Waals surface area contributed by atoms with Crippen LogP contribution in [0.5, 0.6) is 0 Å². The molecular weight excluding hydrogens is 399 g/mol. The summed E-state index contributed by atoms with van der Waals surface area (Å²) in [6, 6.07) is 10.8. The van der Waals surface area contributed by atoms with Gasteiger partial charge in [-0.25, -0.2) is 0 Å². The summed E-state index contributed by atoms with van der Waals surface area (Å²) in [5.74, 6) is -1.33. The number of carbonyl (C=O) groups excluding carboxylic acids is 3. The molecule has 3 amide bonds. The van der Waals surface area contributed by atoms with Crippen LogP contribution in [0.2, 0.25) is 10.0 Å². The van der Waals surface area contributed by atoms with Crippen LogP contribution in [-0.2, 0) is 11.2 Å². The van der Waals surface area contributed by atoms with Crippen molar-refractivity contribution in [3.8, 4) is 0 Å². The third kappa shape index (κ3) is 3.09. The molecule has 2 aromatic rings. The zero-order valence-electron chi connectivity index (χ0n) is 15.2. The van der Waals surface area contributed by atoms with Crippen molar-refractivity contribution in [1.29, 1.82) is 0 Å². The number of hydrogen-bond donors (Lipinski definition) is 0. The molecule has 0 N–H and O–H groups in total. The zero-order chi connectivity index (χ0) is 20.0. The first-order chi connectivity index (χ1) is 13.4. The molecular formula is C21H18Cl2N2O3. The summed E-state index contributed by atoms with van der Waals surface area (Å²) in [4.78, 5) is 40.8. The van der Waals surface area contributed by atoms with Gasteiger partial charge in [-0.2, -0.15) is 0 Å². The molecule has 1 unspecified atom stereocenters. The number of fused-ring (bicyclic) bond motifs is 2. The van der Waals surface area contributed by atoms with E-state index in [4.69, 9.17) is 23.2 Å². The lowest BCUT2D eigenvalue weighted by Crippen LogP contribution is -2.43. The predicted molar refractivity (Wildman–Crippen MR) is 107 cm³/mol. The second kappa shape index (κ2) is 7.22. The summed E-state index contributed by atoms with van der Waals surface area (Å²) in [6.07, 6.45) is 2.84. The minimum Gasteiger partial charge on any atom is -0.337 e. The number of likely N-dealkylation sites (N-methyl/N-ethyl adjacent to an activating group) is 1. The lowest BCUT2D eigenvalue weighted by atomic mass is 9.87. The SMILES string of the molecule is CN(C(=O)CN1C(=O)c2cc(Cl)c(Cl)cc2C1=O)C1CCCc2ccccc21. The molecule has 0 fully saturated rings. The van der Waals surface area contributed by atoms with Crippen molar-refractivity contribution in [2.24, 2.45) is 0 Å². The first kappa shape index (κ1) is 19.0. The highest BCUT2D eigenvalue weighted by atomic mass is 35.5. The molecule has 7 heteroatoms. The van der Waals surface area contributed by atoms with Crippen molar-refractivity contribution < 1.29 is 14.4 Å². The molecule has 0 saturated heterocycles. The largest absolute Gasteiger partial charge is 0.337 e. The molecule has 2 aromatic carbocycles. The van der Waals surface area contributed by atoms with Crippen molar-refractivity contribution in [1.82, 2.24) is 9.80 Å². The molecule has 0 saturated carbocycles. The Hall–Kier alpha value is -2.37. The van der Waals surface area contributed by atoms with Crippen molar-refractivity contribution in [2.45, 2.75) is 25.3 Å². The van der Waals surface area contributed by atoms with Gasteiger partial charge in [-0.05, 0) is 42.5 Å². The van der Waals surface area contributed by atoms with Crippen LogP contribution < -0.4 is 0 Å². The summed E-state index contributed by atoms with van der Waals surface area (Å²) in [5, 5.41) is 0.399. The van der Waals surface area contributed by atoms with E-state index in [1.807, 2.05) is 18.2 Å². The van der Waals surface area contributed by atoms with Crippen LogP contribution in [0.1, 0.15) is 50.7 Å². The molecule has 1 atom stereocenters. The quantitative estimate of drug-likeness (QED) is 0.706.